The molecule has 0 radical (unpaired) electrons. The molecule has 1 spiro atoms. The fourth-order valence-corrected chi connectivity index (χ4v) is 2.08. The zero-order chi connectivity index (χ0) is 8.11. The van der Waals surface area contributed by atoms with Gasteiger partial charge in [0.15, 0.2) is 0 Å². The standard InChI is InChI=1S/C8H12F2O/c9-8(10)5-7(8)3-1-6(11)2-4-7/h6,11H,1-5H2. The lowest BCUT2D eigenvalue weighted by molar-refractivity contribution is 0.0207. The van der Waals surface area contributed by atoms with Crippen molar-refractivity contribution in [1.29, 1.82) is 0 Å². The van der Waals surface area contributed by atoms with Gasteiger partial charge in [0.25, 0.3) is 5.92 Å². The predicted octanol–water partition coefficient (Wildman–Crippen LogP) is 1.95. The molecule has 2 saturated carbocycles. The zero-order valence-corrected chi connectivity index (χ0v) is 6.32. The van der Waals surface area contributed by atoms with E-state index in [9.17, 15) is 8.78 Å². The minimum atomic E-state index is -2.41. The van der Waals surface area contributed by atoms with Crippen molar-refractivity contribution >= 4 is 0 Å². The van der Waals surface area contributed by atoms with Gasteiger partial charge < -0.3 is 5.11 Å². The predicted molar refractivity (Wildman–Crippen MR) is 36.5 cm³/mol. The van der Waals surface area contributed by atoms with Crippen LogP contribution in [0, 0.1) is 5.41 Å². The second-order valence-corrected chi connectivity index (χ2v) is 3.89. The van der Waals surface area contributed by atoms with Gasteiger partial charge in [-0.05, 0) is 25.7 Å². The Bertz CT molecular complexity index is 171. The smallest absolute Gasteiger partial charge is 0.254 e. The first-order valence-electron chi connectivity index (χ1n) is 4.12. The van der Waals surface area contributed by atoms with Crippen molar-refractivity contribution in [3.8, 4) is 0 Å². The van der Waals surface area contributed by atoms with Crippen LogP contribution >= 0.6 is 0 Å². The molecule has 0 heterocycles. The molecule has 2 aliphatic carbocycles. The molecular formula is C8H12F2O. The lowest BCUT2D eigenvalue weighted by atomic mass is 9.84. The summed E-state index contributed by atoms with van der Waals surface area (Å²) in [4.78, 5) is 0. The zero-order valence-electron chi connectivity index (χ0n) is 6.32. The summed E-state index contributed by atoms with van der Waals surface area (Å²) in [6.07, 6.45) is 1.90. The fraction of sp³-hybridized carbons (Fsp3) is 1.00. The molecule has 0 aromatic carbocycles. The Morgan fingerprint density at radius 2 is 1.64 bits per heavy atom. The van der Waals surface area contributed by atoms with Crippen LogP contribution in [0.15, 0.2) is 0 Å². The first kappa shape index (κ1) is 7.47. The molecule has 0 atom stereocenters. The number of aliphatic hydroxyl groups is 1. The van der Waals surface area contributed by atoms with Crippen molar-refractivity contribution in [2.24, 2.45) is 5.41 Å². The molecular weight excluding hydrogens is 150 g/mol. The van der Waals surface area contributed by atoms with E-state index in [2.05, 4.69) is 0 Å². The van der Waals surface area contributed by atoms with Gasteiger partial charge in [-0.1, -0.05) is 0 Å². The van der Waals surface area contributed by atoms with Crippen LogP contribution in [0.3, 0.4) is 0 Å². The van der Waals surface area contributed by atoms with Crippen LogP contribution in [0.5, 0.6) is 0 Å². The first-order valence-corrected chi connectivity index (χ1v) is 4.12. The monoisotopic (exact) mass is 162 g/mol. The van der Waals surface area contributed by atoms with Gasteiger partial charge in [-0.3, -0.25) is 0 Å². The Morgan fingerprint density at radius 3 is 2.00 bits per heavy atom. The maximum atomic E-state index is 12.7. The van der Waals surface area contributed by atoms with Gasteiger partial charge in [-0.25, -0.2) is 8.78 Å². The van der Waals surface area contributed by atoms with Crippen molar-refractivity contribution in [1.82, 2.24) is 0 Å². The van der Waals surface area contributed by atoms with Gasteiger partial charge in [0, 0.05) is 11.8 Å². The highest BCUT2D eigenvalue weighted by molar-refractivity contribution is 5.11. The van der Waals surface area contributed by atoms with Crippen molar-refractivity contribution in [3.63, 3.8) is 0 Å². The topological polar surface area (TPSA) is 20.2 Å². The van der Waals surface area contributed by atoms with Crippen LogP contribution in [0.1, 0.15) is 32.1 Å². The Labute approximate surface area is 64.4 Å². The summed E-state index contributed by atoms with van der Waals surface area (Å²) >= 11 is 0. The Morgan fingerprint density at radius 1 is 1.18 bits per heavy atom. The quantitative estimate of drug-likeness (QED) is 0.577. The maximum Gasteiger partial charge on any atom is 0.254 e. The third-order valence-corrected chi connectivity index (χ3v) is 3.12. The van der Waals surface area contributed by atoms with Crippen molar-refractivity contribution in [2.45, 2.75) is 44.1 Å². The highest BCUT2D eigenvalue weighted by Crippen LogP contribution is 2.67. The van der Waals surface area contributed by atoms with Gasteiger partial charge >= 0.3 is 0 Å². The minimum Gasteiger partial charge on any atom is -0.393 e. The van der Waals surface area contributed by atoms with Gasteiger partial charge in [0.1, 0.15) is 0 Å². The highest BCUT2D eigenvalue weighted by Gasteiger charge is 2.70. The number of rotatable bonds is 0. The van der Waals surface area contributed by atoms with Gasteiger partial charge in [0.05, 0.1) is 6.10 Å². The van der Waals surface area contributed by atoms with E-state index in [4.69, 9.17) is 5.11 Å². The first-order chi connectivity index (χ1) is 5.06. The summed E-state index contributed by atoms with van der Waals surface area (Å²) in [6.45, 7) is 0. The molecule has 2 aliphatic rings. The van der Waals surface area contributed by atoms with Crippen LogP contribution < -0.4 is 0 Å². The molecule has 0 saturated heterocycles. The van der Waals surface area contributed by atoms with Crippen LogP contribution in [0.2, 0.25) is 0 Å². The van der Waals surface area contributed by atoms with Crippen LogP contribution in [-0.4, -0.2) is 17.1 Å². The molecule has 1 N–H and O–H groups in total. The van der Waals surface area contributed by atoms with E-state index >= 15 is 0 Å². The average molecular weight is 162 g/mol. The molecule has 0 aliphatic heterocycles. The SMILES string of the molecule is OC1CCC2(CC1)CC2(F)F. The highest BCUT2D eigenvalue weighted by atomic mass is 19.3. The number of hydrogen-bond donors (Lipinski definition) is 1. The molecule has 3 heteroatoms. The van der Waals surface area contributed by atoms with Gasteiger partial charge in [0.2, 0.25) is 0 Å². The summed E-state index contributed by atoms with van der Waals surface area (Å²) in [7, 11) is 0. The molecule has 0 aromatic heterocycles. The normalized spacial score (nSPS) is 47.7. The molecule has 0 bridgehead atoms. The van der Waals surface area contributed by atoms with Gasteiger partial charge in [-0.2, -0.15) is 0 Å². The Hall–Kier alpha value is -0.180. The number of halogens is 2. The second-order valence-electron chi connectivity index (χ2n) is 3.89. The lowest BCUT2D eigenvalue weighted by Gasteiger charge is -2.25. The van der Waals surface area contributed by atoms with E-state index in [1.54, 1.807) is 0 Å². The van der Waals surface area contributed by atoms with E-state index < -0.39 is 11.3 Å². The van der Waals surface area contributed by atoms with Crippen molar-refractivity contribution in [3.05, 3.63) is 0 Å². The number of alkyl halides is 2. The van der Waals surface area contributed by atoms with Crippen molar-refractivity contribution < 1.29 is 13.9 Å². The van der Waals surface area contributed by atoms with Gasteiger partial charge in [-0.15, -0.1) is 0 Å². The van der Waals surface area contributed by atoms with E-state index in [0.717, 1.165) is 0 Å². The summed E-state index contributed by atoms with van der Waals surface area (Å²) in [5.41, 5.74) is -0.688. The second kappa shape index (κ2) is 1.94. The maximum absolute atomic E-state index is 12.7. The molecule has 11 heavy (non-hydrogen) atoms. The number of hydrogen-bond acceptors (Lipinski definition) is 1. The summed E-state index contributed by atoms with van der Waals surface area (Å²) in [5.74, 6) is -2.41. The fourth-order valence-electron chi connectivity index (χ4n) is 2.08. The van der Waals surface area contributed by atoms with Crippen LogP contribution in [0.25, 0.3) is 0 Å². The number of aliphatic hydroxyl groups excluding tert-OH is 1. The van der Waals surface area contributed by atoms with Crippen molar-refractivity contribution in [2.75, 3.05) is 0 Å². The third-order valence-electron chi connectivity index (χ3n) is 3.12. The van der Waals surface area contributed by atoms with E-state index in [1.165, 1.54) is 0 Å². The van der Waals surface area contributed by atoms with Crippen LogP contribution in [0.4, 0.5) is 8.78 Å². The third kappa shape index (κ3) is 0.975. The molecule has 64 valence electrons. The molecule has 2 fully saturated rings. The average Bonchev–Trinajstić information content (AvgIpc) is 2.44. The molecule has 1 nitrogen and oxygen atoms in total. The summed E-state index contributed by atoms with van der Waals surface area (Å²) in [6, 6.07) is 0. The molecule has 2 rings (SSSR count). The minimum absolute atomic E-state index is 0.0622. The molecule has 0 unspecified atom stereocenters. The van der Waals surface area contributed by atoms with Crippen LogP contribution in [-0.2, 0) is 0 Å². The lowest BCUT2D eigenvalue weighted by Crippen LogP contribution is -2.23. The van der Waals surface area contributed by atoms with E-state index in [1.807, 2.05) is 0 Å². The Balaban J connectivity index is 2.00. The summed E-state index contributed by atoms with van der Waals surface area (Å²) in [5, 5.41) is 9.09. The molecule has 0 aromatic rings. The largest absolute Gasteiger partial charge is 0.393 e. The van der Waals surface area contributed by atoms with E-state index in [-0.39, 0.29) is 12.5 Å². The van der Waals surface area contributed by atoms with E-state index in [0.29, 0.717) is 25.7 Å². The molecule has 0 amide bonds. The summed E-state index contributed by atoms with van der Waals surface area (Å²) < 4.78 is 25.4. The Kier molecular flexibility index (Phi) is 1.32.